The maximum atomic E-state index is 13.8. The number of ether oxygens (including phenoxy) is 2. The molecule has 0 unspecified atom stereocenters. The summed E-state index contributed by atoms with van der Waals surface area (Å²) >= 11 is 0. The van der Waals surface area contributed by atoms with Crippen LogP contribution in [0.25, 0.3) is 0 Å². The molecule has 188 valence electrons. The van der Waals surface area contributed by atoms with E-state index < -0.39 is 0 Å². The first kappa shape index (κ1) is 25.3. The van der Waals surface area contributed by atoms with Crippen molar-refractivity contribution in [1.82, 2.24) is 4.90 Å². The highest BCUT2D eigenvalue weighted by Crippen LogP contribution is 2.54. The second kappa shape index (κ2) is 9.33. The van der Waals surface area contributed by atoms with E-state index >= 15 is 0 Å². The average Bonchev–Trinajstić information content (AvgIpc) is 2.77. The first-order chi connectivity index (χ1) is 16.5. The molecule has 1 aliphatic heterocycles. The van der Waals surface area contributed by atoms with Crippen LogP contribution in [-0.4, -0.2) is 36.7 Å². The summed E-state index contributed by atoms with van der Waals surface area (Å²) in [6.45, 7) is 15.7. The maximum Gasteiger partial charge on any atom is 0.162 e. The molecule has 4 rings (SSSR count). The number of nitrogens with zero attached hydrogens (tertiary/aromatic N) is 1. The van der Waals surface area contributed by atoms with Crippen LogP contribution < -0.4 is 9.47 Å². The Bertz CT molecular complexity index is 1070. The first-order valence-corrected chi connectivity index (χ1v) is 12.7. The van der Waals surface area contributed by atoms with Crippen LogP contribution >= 0.6 is 0 Å². The fourth-order valence-corrected chi connectivity index (χ4v) is 6.01. The quantitative estimate of drug-likeness (QED) is 0.428. The van der Waals surface area contributed by atoms with Gasteiger partial charge in [-0.3, -0.25) is 9.59 Å². The van der Waals surface area contributed by atoms with Crippen molar-refractivity contribution >= 4 is 11.6 Å². The summed E-state index contributed by atoms with van der Waals surface area (Å²) in [5, 5.41) is 0. The molecule has 0 radical (unpaired) electrons. The number of carbonyl (C=O) groups excluding carboxylic acids is 2. The number of allylic oxidation sites excluding steroid dienone is 4. The lowest BCUT2D eigenvalue weighted by Crippen LogP contribution is -2.44. The van der Waals surface area contributed by atoms with Gasteiger partial charge < -0.3 is 14.4 Å². The molecule has 1 heterocycles. The third kappa shape index (κ3) is 4.70. The van der Waals surface area contributed by atoms with Crippen LogP contribution in [0.3, 0.4) is 0 Å². The molecular formula is C30H39NO4. The minimum Gasteiger partial charge on any atom is -0.493 e. The number of ketones is 2. The highest BCUT2D eigenvalue weighted by molar-refractivity contribution is 6.06. The molecule has 0 N–H and O–H groups in total. The van der Waals surface area contributed by atoms with Gasteiger partial charge in [-0.2, -0.15) is 0 Å². The van der Waals surface area contributed by atoms with E-state index in [1.165, 1.54) is 0 Å². The van der Waals surface area contributed by atoms with Gasteiger partial charge in [0.2, 0.25) is 0 Å². The van der Waals surface area contributed by atoms with Gasteiger partial charge in [-0.25, -0.2) is 0 Å². The summed E-state index contributed by atoms with van der Waals surface area (Å²) in [6.07, 6.45) is 5.27. The Kier molecular flexibility index (Phi) is 6.74. The van der Waals surface area contributed by atoms with Crippen molar-refractivity contribution in [2.75, 3.05) is 20.3 Å². The Labute approximate surface area is 209 Å². The molecule has 0 aromatic heterocycles. The van der Waals surface area contributed by atoms with Gasteiger partial charge in [0.15, 0.2) is 23.1 Å². The minimum atomic E-state index is -0.373. The normalized spacial score (nSPS) is 21.6. The fraction of sp³-hybridized carbons (Fsp3) is 0.533. The van der Waals surface area contributed by atoms with Gasteiger partial charge in [0.25, 0.3) is 0 Å². The molecule has 0 bridgehead atoms. The summed E-state index contributed by atoms with van der Waals surface area (Å²) in [5.74, 6) is 1.14. The van der Waals surface area contributed by atoms with Crippen molar-refractivity contribution in [3.05, 3.63) is 59.0 Å². The highest BCUT2D eigenvalue weighted by atomic mass is 16.5. The molecule has 2 aliphatic carbocycles. The van der Waals surface area contributed by atoms with Crippen molar-refractivity contribution < 1.29 is 19.1 Å². The van der Waals surface area contributed by atoms with E-state index in [9.17, 15) is 9.59 Å². The van der Waals surface area contributed by atoms with Gasteiger partial charge in [-0.1, -0.05) is 53.3 Å². The van der Waals surface area contributed by atoms with Gasteiger partial charge in [0.1, 0.15) is 6.61 Å². The van der Waals surface area contributed by atoms with Crippen LogP contribution in [0.5, 0.6) is 11.5 Å². The zero-order chi connectivity index (χ0) is 25.5. The van der Waals surface area contributed by atoms with Crippen molar-refractivity contribution in [1.29, 1.82) is 0 Å². The highest BCUT2D eigenvalue weighted by Gasteiger charge is 2.48. The Morgan fingerprint density at radius 2 is 1.54 bits per heavy atom. The maximum absolute atomic E-state index is 13.8. The Morgan fingerprint density at radius 1 is 0.971 bits per heavy atom. The summed E-state index contributed by atoms with van der Waals surface area (Å²) in [5.41, 5.74) is 4.49. The van der Waals surface area contributed by atoms with Gasteiger partial charge in [0.05, 0.1) is 7.11 Å². The number of carbonyl (C=O) groups is 2. The minimum absolute atomic E-state index is 0.112. The molecule has 35 heavy (non-hydrogen) atoms. The molecule has 3 aliphatic rings. The lowest BCUT2D eigenvalue weighted by molar-refractivity contribution is -0.119. The monoisotopic (exact) mass is 477 g/mol. The molecule has 0 atom stereocenters. The Balaban J connectivity index is 1.95. The van der Waals surface area contributed by atoms with Crippen LogP contribution in [0.1, 0.15) is 78.2 Å². The number of Topliss-reactive ketones (excluding diaryl/α,β-unsaturated/α-hetero) is 2. The van der Waals surface area contributed by atoms with E-state index in [-0.39, 0.29) is 28.3 Å². The largest absolute Gasteiger partial charge is 0.493 e. The molecule has 5 nitrogen and oxygen atoms in total. The van der Waals surface area contributed by atoms with Crippen molar-refractivity contribution in [2.45, 2.75) is 72.6 Å². The van der Waals surface area contributed by atoms with Crippen molar-refractivity contribution in [3.8, 4) is 11.5 Å². The van der Waals surface area contributed by atoms with Crippen LogP contribution in [0.4, 0.5) is 0 Å². The lowest BCUT2D eigenvalue weighted by Gasteiger charge is -2.49. The molecule has 1 aromatic rings. The van der Waals surface area contributed by atoms with E-state index in [4.69, 9.17) is 9.47 Å². The molecule has 0 fully saturated rings. The second-order valence-corrected chi connectivity index (χ2v) is 11.7. The lowest BCUT2D eigenvalue weighted by atomic mass is 9.63. The van der Waals surface area contributed by atoms with Gasteiger partial charge >= 0.3 is 0 Å². The van der Waals surface area contributed by atoms with Gasteiger partial charge in [-0.05, 0) is 47.8 Å². The smallest absolute Gasteiger partial charge is 0.162 e. The van der Waals surface area contributed by atoms with Crippen molar-refractivity contribution in [2.24, 2.45) is 10.8 Å². The van der Waals surface area contributed by atoms with Gasteiger partial charge in [-0.15, -0.1) is 0 Å². The van der Waals surface area contributed by atoms with Crippen LogP contribution in [-0.2, 0) is 9.59 Å². The summed E-state index contributed by atoms with van der Waals surface area (Å²) in [6, 6.07) is 5.80. The average molecular weight is 478 g/mol. The molecule has 0 saturated carbocycles. The third-order valence-electron chi connectivity index (χ3n) is 7.35. The van der Waals surface area contributed by atoms with E-state index in [1.807, 2.05) is 18.2 Å². The van der Waals surface area contributed by atoms with E-state index in [0.717, 1.165) is 53.9 Å². The molecule has 0 amide bonds. The van der Waals surface area contributed by atoms with E-state index in [0.29, 0.717) is 30.9 Å². The van der Waals surface area contributed by atoms with Crippen LogP contribution in [0, 0.1) is 10.8 Å². The predicted octanol–water partition coefficient (Wildman–Crippen LogP) is 6.36. The van der Waals surface area contributed by atoms with Crippen molar-refractivity contribution in [3.63, 3.8) is 0 Å². The zero-order valence-electron chi connectivity index (χ0n) is 22.1. The van der Waals surface area contributed by atoms with E-state index in [2.05, 4.69) is 46.1 Å². The molecular weight excluding hydrogens is 438 g/mol. The third-order valence-corrected chi connectivity index (χ3v) is 7.35. The summed E-state index contributed by atoms with van der Waals surface area (Å²) < 4.78 is 11.4. The number of hydrogen-bond acceptors (Lipinski definition) is 5. The number of hydrogen-bond donors (Lipinski definition) is 0. The SMILES string of the molecule is C=CCOc1ccc(C2C3=C(CC(C)(C)CC3=O)N(CCC)C3=C2C(=O)CC(C)(C)C3)cc1OC. The zero-order valence-corrected chi connectivity index (χ0v) is 22.1. The van der Waals surface area contributed by atoms with Crippen LogP contribution in [0.15, 0.2) is 53.4 Å². The topological polar surface area (TPSA) is 55.8 Å². The summed E-state index contributed by atoms with van der Waals surface area (Å²) in [7, 11) is 1.61. The fourth-order valence-electron chi connectivity index (χ4n) is 6.01. The Hall–Kier alpha value is -2.82. The van der Waals surface area contributed by atoms with Crippen LogP contribution in [0.2, 0.25) is 0 Å². The van der Waals surface area contributed by atoms with Gasteiger partial charge in [0, 0.05) is 47.8 Å². The Morgan fingerprint density at radius 3 is 2.03 bits per heavy atom. The molecule has 1 aromatic carbocycles. The predicted molar refractivity (Wildman–Crippen MR) is 139 cm³/mol. The standard InChI is InChI=1S/C30H39NO4/c1-8-12-31-20-15-29(3,4)17-22(32)27(20)26(28-21(31)16-30(5,6)18-23(28)33)19-10-11-24(35-13-9-2)25(14-19)34-7/h9-11,14,26H,2,8,12-13,15-18H2,1,3-7H3. The molecule has 0 saturated heterocycles. The number of methoxy groups -OCH3 is 1. The summed E-state index contributed by atoms with van der Waals surface area (Å²) in [4.78, 5) is 29.9. The number of rotatable bonds is 7. The first-order valence-electron chi connectivity index (χ1n) is 12.7. The second-order valence-electron chi connectivity index (χ2n) is 11.7. The molecule has 5 heteroatoms. The molecule has 0 spiro atoms. The van der Waals surface area contributed by atoms with E-state index in [1.54, 1.807) is 13.2 Å². The number of benzene rings is 1.